The van der Waals surface area contributed by atoms with Gasteiger partial charge in [0.05, 0.1) is 0 Å². The van der Waals surface area contributed by atoms with Crippen LogP contribution in [0, 0.1) is 0 Å². The first-order valence-electron chi connectivity index (χ1n) is 1.23. The second kappa shape index (κ2) is 3.41. The van der Waals surface area contributed by atoms with Gasteiger partial charge >= 0.3 is 0 Å². The summed E-state index contributed by atoms with van der Waals surface area (Å²) >= 11 is 1.36. The van der Waals surface area contributed by atoms with Crippen LogP contribution in [-0.4, -0.2) is 12.9 Å². The normalized spacial score (nSPS) is 7.25. The molecule has 0 aromatic rings. The standard InChI is InChI=1S/C2H5BS/c1-2-4-3/h2H2,1H3. The molecule has 2 heteroatoms. The molecule has 0 saturated heterocycles. The van der Waals surface area contributed by atoms with E-state index in [0.29, 0.717) is 0 Å². The molecule has 0 fully saturated rings. The molecular weight excluding hydrogens is 66.9 g/mol. The van der Waals surface area contributed by atoms with Crippen molar-refractivity contribution in [1.29, 1.82) is 0 Å². The molecule has 0 bridgehead atoms. The van der Waals surface area contributed by atoms with Gasteiger partial charge in [-0.1, -0.05) is 6.92 Å². The predicted octanol–water partition coefficient (Wildman–Crippen LogP) is 0.823. The topological polar surface area (TPSA) is 0 Å². The molecule has 0 aliphatic heterocycles. The van der Waals surface area contributed by atoms with Crippen molar-refractivity contribution in [1.82, 2.24) is 0 Å². The number of rotatable bonds is 1. The van der Waals surface area contributed by atoms with Crippen LogP contribution >= 0.6 is 11.6 Å². The molecular formula is C2H5BS. The van der Waals surface area contributed by atoms with Gasteiger partial charge in [-0.3, -0.25) is 0 Å². The second-order valence-corrected chi connectivity index (χ2v) is 1.37. The first-order chi connectivity index (χ1) is 1.91. The first-order valence-corrected chi connectivity index (χ1v) is 2.28. The van der Waals surface area contributed by atoms with Gasteiger partial charge in [0.2, 0.25) is 0 Å². The maximum Gasteiger partial charge on any atom is 0.161 e. The van der Waals surface area contributed by atoms with Gasteiger partial charge in [0.15, 0.2) is 7.12 Å². The molecule has 0 rings (SSSR count). The van der Waals surface area contributed by atoms with E-state index in [-0.39, 0.29) is 0 Å². The van der Waals surface area contributed by atoms with E-state index < -0.39 is 0 Å². The molecule has 0 unspecified atom stereocenters. The summed E-state index contributed by atoms with van der Waals surface area (Å²) in [7, 11) is 4.94. The molecule has 0 N–H and O–H groups in total. The third-order valence-electron chi connectivity index (χ3n) is 0.167. The largest absolute Gasteiger partial charge is 0.228 e. The molecule has 0 aromatic carbocycles. The Morgan fingerprint density at radius 1 is 2.00 bits per heavy atom. The van der Waals surface area contributed by atoms with Crippen molar-refractivity contribution in [3.8, 4) is 0 Å². The molecule has 0 atom stereocenters. The average molecular weight is 71.9 g/mol. The van der Waals surface area contributed by atoms with Crippen LogP contribution in [0.4, 0.5) is 0 Å². The molecule has 0 aliphatic rings. The lowest BCUT2D eigenvalue weighted by atomic mass is 10.8. The van der Waals surface area contributed by atoms with Crippen LogP contribution in [0.2, 0.25) is 0 Å². The van der Waals surface area contributed by atoms with Crippen molar-refractivity contribution in [2.24, 2.45) is 0 Å². The lowest BCUT2D eigenvalue weighted by molar-refractivity contribution is 1.54. The van der Waals surface area contributed by atoms with Crippen LogP contribution in [0.3, 0.4) is 0 Å². The van der Waals surface area contributed by atoms with Crippen LogP contribution in [0.25, 0.3) is 0 Å². The van der Waals surface area contributed by atoms with Gasteiger partial charge < -0.3 is 0 Å². The van der Waals surface area contributed by atoms with Crippen LogP contribution in [0.1, 0.15) is 6.92 Å². The van der Waals surface area contributed by atoms with Gasteiger partial charge in [-0.2, -0.15) is 0 Å². The number of hydrogen-bond acceptors (Lipinski definition) is 1. The second-order valence-electron chi connectivity index (χ2n) is 0.455. The van der Waals surface area contributed by atoms with Crippen molar-refractivity contribution in [3.63, 3.8) is 0 Å². The summed E-state index contributed by atoms with van der Waals surface area (Å²) in [5.41, 5.74) is 0. The Kier molecular flexibility index (Phi) is 3.77. The molecule has 0 nitrogen and oxygen atoms in total. The lowest BCUT2D eigenvalue weighted by Crippen LogP contribution is -1.54. The summed E-state index contributed by atoms with van der Waals surface area (Å²) in [6.45, 7) is 2.02. The van der Waals surface area contributed by atoms with E-state index >= 15 is 0 Å². The third-order valence-corrected chi connectivity index (χ3v) is 0.500. The molecule has 0 heterocycles. The SMILES string of the molecule is [B]SCC. The highest BCUT2D eigenvalue weighted by Gasteiger charge is 1.55. The lowest BCUT2D eigenvalue weighted by Gasteiger charge is -1.70. The van der Waals surface area contributed by atoms with Crippen molar-refractivity contribution in [3.05, 3.63) is 0 Å². The monoisotopic (exact) mass is 72.0 g/mol. The van der Waals surface area contributed by atoms with E-state index in [9.17, 15) is 0 Å². The van der Waals surface area contributed by atoms with Gasteiger partial charge in [-0.15, -0.1) is 0 Å². The fourth-order valence-electron chi connectivity index (χ4n) is 0. The molecule has 4 heavy (non-hydrogen) atoms. The van der Waals surface area contributed by atoms with Crippen molar-refractivity contribution in [2.75, 3.05) is 5.75 Å². The summed E-state index contributed by atoms with van der Waals surface area (Å²) in [4.78, 5) is 0. The minimum absolute atomic E-state index is 1.01. The zero-order valence-corrected chi connectivity index (χ0v) is 3.51. The molecule has 0 spiro atoms. The summed E-state index contributed by atoms with van der Waals surface area (Å²) < 4.78 is 0. The Bertz CT molecular complexity index is 8.00. The molecule has 0 aliphatic carbocycles. The van der Waals surface area contributed by atoms with Gasteiger partial charge in [-0.05, 0) is 5.75 Å². The van der Waals surface area contributed by atoms with Crippen LogP contribution in [0.5, 0.6) is 0 Å². The highest BCUT2D eigenvalue weighted by molar-refractivity contribution is 8.19. The smallest absolute Gasteiger partial charge is 0.161 e. The van der Waals surface area contributed by atoms with Crippen LogP contribution < -0.4 is 0 Å². The Morgan fingerprint density at radius 3 is 2.25 bits per heavy atom. The third kappa shape index (κ3) is 2.41. The van der Waals surface area contributed by atoms with E-state index in [4.69, 9.17) is 7.12 Å². The molecule has 0 saturated carbocycles. The summed E-state index contributed by atoms with van der Waals surface area (Å²) in [6.07, 6.45) is 0. The summed E-state index contributed by atoms with van der Waals surface area (Å²) in [5, 5.41) is 0. The molecule has 2 radical (unpaired) electrons. The molecule has 22 valence electrons. The van der Waals surface area contributed by atoms with E-state index in [0.717, 1.165) is 5.75 Å². The number of hydrogen-bond donors (Lipinski definition) is 0. The average Bonchev–Trinajstić information content (AvgIpc) is 1.37. The Balaban J connectivity index is 1.97. The van der Waals surface area contributed by atoms with Crippen molar-refractivity contribution in [2.45, 2.75) is 6.92 Å². The van der Waals surface area contributed by atoms with Crippen LogP contribution in [-0.2, 0) is 0 Å². The van der Waals surface area contributed by atoms with E-state index in [1.54, 1.807) is 0 Å². The Hall–Kier alpha value is 0.415. The zero-order chi connectivity index (χ0) is 3.41. The zero-order valence-electron chi connectivity index (χ0n) is 2.69. The van der Waals surface area contributed by atoms with Gasteiger partial charge in [0.1, 0.15) is 0 Å². The first kappa shape index (κ1) is 4.41. The Labute approximate surface area is 32.3 Å². The highest BCUT2D eigenvalue weighted by atomic mass is 32.2. The minimum atomic E-state index is 1.01. The predicted molar refractivity (Wildman–Crippen MR) is 23.9 cm³/mol. The Morgan fingerprint density at radius 2 is 2.25 bits per heavy atom. The quantitative estimate of drug-likeness (QED) is 0.413. The fraction of sp³-hybridized carbons (Fsp3) is 1.00. The minimum Gasteiger partial charge on any atom is -0.228 e. The van der Waals surface area contributed by atoms with Crippen molar-refractivity contribution >= 4 is 18.7 Å². The van der Waals surface area contributed by atoms with E-state index in [1.807, 2.05) is 6.92 Å². The van der Waals surface area contributed by atoms with Crippen molar-refractivity contribution < 1.29 is 0 Å². The van der Waals surface area contributed by atoms with Gasteiger partial charge in [0.25, 0.3) is 0 Å². The van der Waals surface area contributed by atoms with Gasteiger partial charge in [0, 0.05) is 0 Å². The van der Waals surface area contributed by atoms with E-state index in [2.05, 4.69) is 0 Å². The fourth-order valence-corrected chi connectivity index (χ4v) is 0. The molecule has 0 amide bonds. The maximum atomic E-state index is 4.94. The summed E-state index contributed by atoms with van der Waals surface area (Å²) in [5.74, 6) is 1.01. The maximum absolute atomic E-state index is 4.94. The molecule has 0 aromatic heterocycles. The highest BCUT2D eigenvalue weighted by Crippen LogP contribution is 1.81. The van der Waals surface area contributed by atoms with Crippen LogP contribution in [0.15, 0.2) is 0 Å². The summed E-state index contributed by atoms with van der Waals surface area (Å²) in [6, 6.07) is 0. The van der Waals surface area contributed by atoms with E-state index in [1.165, 1.54) is 11.6 Å². The van der Waals surface area contributed by atoms with Gasteiger partial charge in [-0.25, -0.2) is 11.6 Å².